The van der Waals surface area contributed by atoms with Gasteiger partial charge in [0.1, 0.15) is 0 Å². The third-order valence-electron chi connectivity index (χ3n) is 1.20. The first-order valence-electron chi connectivity index (χ1n) is 3.65. The van der Waals surface area contributed by atoms with Crippen LogP contribution in [-0.2, 0) is 15.6 Å². The summed E-state index contributed by atoms with van der Waals surface area (Å²) in [6.07, 6.45) is 0. The molecule has 11 heavy (non-hydrogen) atoms. The van der Waals surface area contributed by atoms with E-state index in [0.717, 1.165) is 0 Å². The molecule has 0 heterocycles. The average molecular weight is 177 g/mol. The number of carbonyl (C=O) groups excluding carboxylic acids is 1. The SMILES string of the molecule is CC(=O)NCCS(=O)C(C)C. The van der Waals surface area contributed by atoms with Crippen LogP contribution in [-0.4, -0.2) is 27.7 Å². The molecule has 0 aliphatic rings. The van der Waals surface area contributed by atoms with Crippen LogP contribution < -0.4 is 5.32 Å². The van der Waals surface area contributed by atoms with Gasteiger partial charge in [-0.1, -0.05) is 13.8 Å². The molecule has 4 heteroatoms. The first-order chi connectivity index (χ1) is 5.04. The summed E-state index contributed by atoms with van der Waals surface area (Å²) in [4.78, 5) is 10.4. The zero-order valence-electron chi connectivity index (χ0n) is 7.22. The number of nitrogens with one attached hydrogen (secondary N) is 1. The second-order valence-corrected chi connectivity index (χ2v) is 4.73. The van der Waals surface area contributed by atoms with Crippen LogP contribution in [0.15, 0.2) is 0 Å². The van der Waals surface area contributed by atoms with E-state index in [4.69, 9.17) is 0 Å². The smallest absolute Gasteiger partial charge is 0.216 e. The molecule has 0 rings (SSSR count). The fraction of sp³-hybridized carbons (Fsp3) is 0.857. The summed E-state index contributed by atoms with van der Waals surface area (Å²) in [7, 11) is -0.803. The number of carbonyl (C=O) groups is 1. The highest BCUT2D eigenvalue weighted by molar-refractivity contribution is 7.85. The van der Waals surface area contributed by atoms with E-state index in [2.05, 4.69) is 5.32 Å². The van der Waals surface area contributed by atoms with E-state index < -0.39 is 10.8 Å². The second kappa shape index (κ2) is 5.29. The van der Waals surface area contributed by atoms with Gasteiger partial charge in [0.05, 0.1) is 0 Å². The average Bonchev–Trinajstić information content (AvgIpc) is 1.86. The van der Waals surface area contributed by atoms with Crippen molar-refractivity contribution in [3.8, 4) is 0 Å². The Bertz CT molecular complexity index is 157. The number of hydrogen-bond acceptors (Lipinski definition) is 2. The van der Waals surface area contributed by atoms with E-state index >= 15 is 0 Å². The summed E-state index contributed by atoms with van der Waals surface area (Å²) in [5.74, 6) is 0.489. The molecule has 0 aliphatic carbocycles. The summed E-state index contributed by atoms with van der Waals surface area (Å²) in [5.41, 5.74) is 0. The Morgan fingerprint density at radius 2 is 2.09 bits per heavy atom. The molecular weight excluding hydrogens is 162 g/mol. The van der Waals surface area contributed by atoms with Crippen molar-refractivity contribution in [1.29, 1.82) is 0 Å². The summed E-state index contributed by atoms with van der Waals surface area (Å²) < 4.78 is 11.1. The molecular formula is C7H15NO2S. The normalized spacial score (nSPS) is 13.1. The standard InChI is InChI=1S/C7H15NO2S/c1-6(2)11(10)5-4-8-7(3)9/h6H,4-5H2,1-3H3,(H,8,9). The van der Waals surface area contributed by atoms with Crippen LogP contribution >= 0.6 is 0 Å². The second-order valence-electron chi connectivity index (χ2n) is 2.62. The van der Waals surface area contributed by atoms with Crippen LogP contribution in [0.1, 0.15) is 20.8 Å². The molecule has 0 fully saturated rings. The fourth-order valence-electron chi connectivity index (χ4n) is 0.563. The van der Waals surface area contributed by atoms with Crippen molar-refractivity contribution < 1.29 is 9.00 Å². The van der Waals surface area contributed by atoms with E-state index in [-0.39, 0.29) is 11.2 Å². The van der Waals surface area contributed by atoms with Gasteiger partial charge in [-0.3, -0.25) is 9.00 Å². The van der Waals surface area contributed by atoms with Gasteiger partial charge in [0.2, 0.25) is 5.91 Å². The predicted octanol–water partition coefficient (Wildman–Crippen LogP) is 0.280. The van der Waals surface area contributed by atoms with Crippen molar-refractivity contribution >= 4 is 16.7 Å². The van der Waals surface area contributed by atoms with Crippen molar-refractivity contribution in [2.45, 2.75) is 26.0 Å². The van der Waals surface area contributed by atoms with Gasteiger partial charge in [-0.15, -0.1) is 0 Å². The number of rotatable bonds is 4. The maximum atomic E-state index is 11.1. The van der Waals surface area contributed by atoms with Crippen LogP contribution in [0.5, 0.6) is 0 Å². The minimum Gasteiger partial charge on any atom is -0.355 e. The van der Waals surface area contributed by atoms with Crippen LogP contribution in [0, 0.1) is 0 Å². The Morgan fingerprint density at radius 1 is 1.55 bits per heavy atom. The van der Waals surface area contributed by atoms with Gasteiger partial charge in [0.25, 0.3) is 0 Å². The van der Waals surface area contributed by atoms with Gasteiger partial charge in [0, 0.05) is 35.3 Å². The Kier molecular flexibility index (Phi) is 5.11. The Balaban J connectivity index is 3.39. The number of amides is 1. The summed E-state index contributed by atoms with van der Waals surface area (Å²) in [6.45, 7) is 5.78. The molecule has 1 atom stereocenters. The summed E-state index contributed by atoms with van der Waals surface area (Å²) in [6, 6.07) is 0. The molecule has 0 aromatic carbocycles. The minimum absolute atomic E-state index is 0.0641. The molecule has 1 unspecified atom stereocenters. The molecule has 0 aromatic heterocycles. The van der Waals surface area contributed by atoms with Gasteiger partial charge in [-0.2, -0.15) is 0 Å². The van der Waals surface area contributed by atoms with E-state index in [0.29, 0.717) is 12.3 Å². The lowest BCUT2D eigenvalue weighted by Crippen LogP contribution is -2.26. The van der Waals surface area contributed by atoms with Gasteiger partial charge in [0.15, 0.2) is 0 Å². The van der Waals surface area contributed by atoms with E-state index in [1.165, 1.54) is 6.92 Å². The maximum absolute atomic E-state index is 11.1. The predicted molar refractivity (Wildman–Crippen MR) is 46.8 cm³/mol. The fourth-order valence-corrected chi connectivity index (χ4v) is 1.34. The van der Waals surface area contributed by atoms with Crippen molar-refractivity contribution in [3.63, 3.8) is 0 Å². The van der Waals surface area contributed by atoms with Crippen LogP contribution in [0.25, 0.3) is 0 Å². The topological polar surface area (TPSA) is 46.2 Å². The van der Waals surface area contributed by atoms with Gasteiger partial charge in [-0.25, -0.2) is 0 Å². The molecule has 3 nitrogen and oxygen atoms in total. The molecule has 0 saturated carbocycles. The van der Waals surface area contributed by atoms with Crippen molar-refractivity contribution in [3.05, 3.63) is 0 Å². The molecule has 0 spiro atoms. The first kappa shape index (κ1) is 10.6. The lowest BCUT2D eigenvalue weighted by Gasteiger charge is -2.04. The first-order valence-corrected chi connectivity index (χ1v) is 5.04. The molecule has 0 radical (unpaired) electrons. The molecule has 0 aromatic rings. The van der Waals surface area contributed by atoms with E-state index in [1.54, 1.807) is 0 Å². The van der Waals surface area contributed by atoms with E-state index in [9.17, 15) is 9.00 Å². The van der Waals surface area contributed by atoms with Crippen molar-refractivity contribution in [2.24, 2.45) is 0 Å². The largest absolute Gasteiger partial charge is 0.355 e. The zero-order valence-corrected chi connectivity index (χ0v) is 8.03. The lowest BCUT2D eigenvalue weighted by molar-refractivity contribution is -0.118. The van der Waals surface area contributed by atoms with Crippen LogP contribution in [0.4, 0.5) is 0 Å². The van der Waals surface area contributed by atoms with Crippen LogP contribution in [0.2, 0.25) is 0 Å². The third kappa shape index (κ3) is 6.04. The highest BCUT2D eigenvalue weighted by Crippen LogP contribution is 1.92. The molecule has 0 aliphatic heterocycles. The van der Waals surface area contributed by atoms with Gasteiger partial charge < -0.3 is 5.32 Å². The number of hydrogen-bond donors (Lipinski definition) is 1. The minimum atomic E-state index is -0.803. The van der Waals surface area contributed by atoms with Gasteiger partial charge in [-0.05, 0) is 0 Å². The molecule has 1 amide bonds. The van der Waals surface area contributed by atoms with Crippen LogP contribution in [0.3, 0.4) is 0 Å². The van der Waals surface area contributed by atoms with Crippen molar-refractivity contribution in [2.75, 3.05) is 12.3 Å². The highest BCUT2D eigenvalue weighted by atomic mass is 32.2. The quantitative estimate of drug-likeness (QED) is 0.670. The Labute approximate surface area is 70.0 Å². The molecule has 1 N–H and O–H groups in total. The Morgan fingerprint density at radius 3 is 2.45 bits per heavy atom. The lowest BCUT2D eigenvalue weighted by atomic mass is 10.6. The van der Waals surface area contributed by atoms with Crippen molar-refractivity contribution in [1.82, 2.24) is 5.32 Å². The monoisotopic (exact) mass is 177 g/mol. The molecule has 0 bridgehead atoms. The molecule has 66 valence electrons. The molecule has 0 saturated heterocycles. The Hall–Kier alpha value is -0.380. The van der Waals surface area contributed by atoms with E-state index in [1.807, 2.05) is 13.8 Å². The highest BCUT2D eigenvalue weighted by Gasteiger charge is 2.03. The zero-order chi connectivity index (χ0) is 8.85. The summed E-state index contributed by atoms with van der Waals surface area (Å²) >= 11 is 0. The third-order valence-corrected chi connectivity index (χ3v) is 2.86. The van der Waals surface area contributed by atoms with Gasteiger partial charge >= 0.3 is 0 Å². The summed E-state index contributed by atoms with van der Waals surface area (Å²) in [5, 5.41) is 2.78. The maximum Gasteiger partial charge on any atom is 0.216 e.